The average Bonchev–Trinajstić information content (AvgIpc) is 2.36. The SMILES string of the molecule is CCNCc1ccc(N2CCSC(C)(C)C2)nc1. The number of hydrogen-bond donors (Lipinski definition) is 1. The van der Waals surface area contributed by atoms with Gasteiger partial charge in [-0.05, 0) is 32.0 Å². The molecule has 100 valence electrons. The number of aromatic nitrogens is 1. The van der Waals surface area contributed by atoms with Crippen molar-refractivity contribution in [2.75, 3.05) is 30.3 Å². The highest BCUT2D eigenvalue weighted by Gasteiger charge is 2.27. The minimum atomic E-state index is 0.336. The number of nitrogens with zero attached hydrogens (tertiary/aromatic N) is 2. The first-order valence-corrected chi connectivity index (χ1v) is 7.64. The van der Waals surface area contributed by atoms with Crippen molar-refractivity contribution in [2.24, 2.45) is 0 Å². The maximum absolute atomic E-state index is 4.60. The molecule has 18 heavy (non-hydrogen) atoms. The summed E-state index contributed by atoms with van der Waals surface area (Å²) in [6.07, 6.45) is 1.99. The van der Waals surface area contributed by atoms with Crippen molar-refractivity contribution in [3.05, 3.63) is 23.9 Å². The van der Waals surface area contributed by atoms with Gasteiger partial charge in [0.15, 0.2) is 0 Å². The molecule has 0 aromatic carbocycles. The van der Waals surface area contributed by atoms with Gasteiger partial charge in [0.2, 0.25) is 0 Å². The third-order valence-electron chi connectivity index (χ3n) is 3.14. The maximum Gasteiger partial charge on any atom is 0.128 e. The van der Waals surface area contributed by atoms with Gasteiger partial charge in [-0.2, -0.15) is 11.8 Å². The lowest BCUT2D eigenvalue weighted by molar-refractivity contribution is 0.641. The van der Waals surface area contributed by atoms with Crippen LogP contribution in [-0.2, 0) is 6.54 Å². The predicted molar refractivity (Wildman–Crippen MR) is 80.4 cm³/mol. The normalized spacial score (nSPS) is 18.9. The Bertz CT molecular complexity index is 375. The second-order valence-electron chi connectivity index (χ2n) is 5.33. The molecule has 0 amide bonds. The summed E-state index contributed by atoms with van der Waals surface area (Å²) in [5.41, 5.74) is 1.26. The van der Waals surface area contributed by atoms with Gasteiger partial charge in [-0.3, -0.25) is 0 Å². The minimum Gasteiger partial charge on any atom is -0.354 e. The molecule has 4 heteroatoms. The number of pyridine rings is 1. The van der Waals surface area contributed by atoms with E-state index < -0.39 is 0 Å². The van der Waals surface area contributed by atoms with E-state index in [1.807, 2.05) is 6.20 Å². The van der Waals surface area contributed by atoms with Crippen LogP contribution < -0.4 is 10.2 Å². The molecule has 1 saturated heterocycles. The second kappa shape index (κ2) is 5.93. The Balaban J connectivity index is 2.00. The van der Waals surface area contributed by atoms with Crippen LogP contribution in [0.5, 0.6) is 0 Å². The van der Waals surface area contributed by atoms with E-state index in [1.165, 1.54) is 11.3 Å². The molecule has 1 aromatic heterocycles. The lowest BCUT2D eigenvalue weighted by Crippen LogP contribution is -2.43. The average molecular weight is 265 g/mol. The van der Waals surface area contributed by atoms with Gasteiger partial charge < -0.3 is 10.2 Å². The van der Waals surface area contributed by atoms with Gasteiger partial charge in [0.25, 0.3) is 0 Å². The monoisotopic (exact) mass is 265 g/mol. The molecule has 0 aliphatic carbocycles. The van der Waals surface area contributed by atoms with Crippen LogP contribution in [0.1, 0.15) is 26.3 Å². The third-order valence-corrected chi connectivity index (χ3v) is 4.44. The van der Waals surface area contributed by atoms with Crippen molar-refractivity contribution in [3.8, 4) is 0 Å². The van der Waals surface area contributed by atoms with Crippen molar-refractivity contribution in [1.29, 1.82) is 0 Å². The Morgan fingerprint density at radius 1 is 1.44 bits per heavy atom. The summed E-state index contributed by atoms with van der Waals surface area (Å²) >= 11 is 2.05. The molecule has 1 aliphatic rings. The number of rotatable bonds is 4. The fourth-order valence-electron chi connectivity index (χ4n) is 2.19. The zero-order chi connectivity index (χ0) is 13.0. The summed E-state index contributed by atoms with van der Waals surface area (Å²) < 4.78 is 0.336. The van der Waals surface area contributed by atoms with Crippen molar-refractivity contribution in [1.82, 2.24) is 10.3 Å². The number of thioether (sulfide) groups is 1. The Hall–Kier alpha value is -0.740. The third kappa shape index (κ3) is 3.62. The van der Waals surface area contributed by atoms with E-state index in [2.05, 4.69) is 59.9 Å². The van der Waals surface area contributed by atoms with Crippen molar-refractivity contribution < 1.29 is 0 Å². The molecule has 2 rings (SSSR count). The van der Waals surface area contributed by atoms with Crippen molar-refractivity contribution >= 4 is 17.6 Å². The topological polar surface area (TPSA) is 28.2 Å². The Morgan fingerprint density at radius 3 is 2.89 bits per heavy atom. The molecular formula is C14H23N3S. The summed E-state index contributed by atoms with van der Waals surface area (Å²) in [5, 5.41) is 3.32. The molecule has 0 radical (unpaired) electrons. The maximum atomic E-state index is 4.60. The molecule has 2 heterocycles. The van der Waals surface area contributed by atoms with Crippen LogP contribution >= 0.6 is 11.8 Å². The van der Waals surface area contributed by atoms with Crippen LogP contribution in [0.25, 0.3) is 0 Å². The fraction of sp³-hybridized carbons (Fsp3) is 0.643. The zero-order valence-corrected chi connectivity index (χ0v) is 12.4. The van der Waals surface area contributed by atoms with Crippen LogP contribution in [0.4, 0.5) is 5.82 Å². The van der Waals surface area contributed by atoms with Gasteiger partial charge in [0, 0.05) is 36.3 Å². The highest BCUT2D eigenvalue weighted by atomic mass is 32.2. The van der Waals surface area contributed by atoms with E-state index in [4.69, 9.17) is 0 Å². The molecular weight excluding hydrogens is 242 g/mol. The predicted octanol–water partition coefficient (Wildman–Crippen LogP) is 2.52. The Morgan fingerprint density at radius 2 is 2.28 bits per heavy atom. The fourth-order valence-corrected chi connectivity index (χ4v) is 3.30. The quantitative estimate of drug-likeness (QED) is 0.905. The van der Waals surface area contributed by atoms with E-state index in [1.54, 1.807) is 0 Å². The summed E-state index contributed by atoms with van der Waals surface area (Å²) in [7, 11) is 0. The van der Waals surface area contributed by atoms with E-state index in [9.17, 15) is 0 Å². The van der Waals surface area contributed by atoms with Crippen LogP contribution in [0.3, 0.4) is 0 Å². The minimum absolute atomic E-state index is 0.336. The largest absolute Gasteiger partial charge is 0.354 e. The molecule has 0 spiro atoms. The van der Waals surface area contributed by atoms with E-state index in [0.717, 1.165) is 32.0 Å². The number of nitrogens with one attached hydrogen (secondary N) is 1. The van der Waals surface area contributed by atoms with Gasteiger partial charge in [-0.15, -0.1) is 0 Å². The molecule has 0 unspecified atom stereocenters. The molecule has 1 fully saturated rings. The second-order valence-corrected chi connectivity index (χ2v) is 7.14. The van der Waals surface area contributed by atoms with E-state index in [-0.39, 0.29) is 0 Å². The summed E-state index contributed by atoms with van der Waals surface area (Å²) in [6, 6.07) is 4.33. The van der Waals surface area contributed by atoms with Crippen LogP contribution in [0.2, 0.25) is 0 Å². The van der Waals surface area contributed by atoms with E-state index in [0.29, 0.717) is 4.75 Å². The van der Waals surface area contributed by atoms with Crippen LogP contribution in [-0.4, -0.2) is 35.1 Å². The summed E-state index contributed by atoms with van der Waals surface area (Å²) in [4.78, 5) is 6.99. The first-order chi connectivity index (χ1) is 8.61. The van der Waals surface area contributed by atoms with Gasteiger partial charge in [0.05, 0.1) is 0 Å². The van der Waals surface area contributed by atoms with Gasteiger partial charge in [-0.1, -0.05) is 13.0 Å². The Labute approximate surface area is 114 Å². The first-order valence-electron chi connectivity index (χ1n) is 6.65. The number of anilines is 1. The lowest BCUT2D eigenvalue weighted by atomic mass is 10.2. The summed E-state index contributed by atoms with van der Waals surface area (Å²) in [5.74, 6) is 2.30. The standard InChI is InChI=1S/C14H23N3S/c1-4-15-9-12-5-6-13(16-10-12)17-7-8-18-14(2,3)11-17/h5-6,10,15H,4,7-9,11H2,1-3H3. The van der Waals surface area contributed by atoms with Crippen molar-refractivity contribution in [3.63, 3.8) is 0 Å². The van der Waals surface area contributed by atoms with Crippen LogP contribution in [0, 0.1) is 0 Å². The molecule has 3 nitrogen and oxygen atoms in total. The molecule has 0 saturated carbocycles. The molecule has 0 atom stereocenters. The first kappa shape index (κ1) is 13.7. The highest BCUT2D eigenvalue weighted by Crippen LogP contribution is 2.31. The van der Waals surface area contributed by atoms with E-state index >= 15 is 0 Å². The Kier molecular flexibility index (Phi) is 4.51. The van der Waals surface area contributed by atoms with Crippen molar-refractivity contribution in [2.45, 2.75) is 32.1 Å². The highest BCUT2D eigenvalue weighted by molar-refractivity contribution is 8.00. The molecule has 1 N–H and O–H groups in total. The van der Waals surface area contributed by atoms with Crippen LogP contribution in [0.15, 0.2) is 18.3 Å². The summed E-state index contributed by atoms with van der Waals surface area (Å²) in [6.45, 7) is 10.8. The molecule has 1 aromatic rings. The van der Waals surface area contributed by atoms with Gasteiger partial charge in [0.1, 0.15) is 5.82 Å². The molecule has 1 aliphatic heterocycles. The lowest BCUT2D eigenvalue weighted by Gasteiger charge is -2.38. The van der Waals surface area contributed by atoms with Gasteiger partial charge >= 0.3 is 0 Å². The smallest absolute Gasteiger partial charge is 0.128 e. The zero-order valence-electron chi connectivity index (χ0n) is 11.6. The van der Waals surface area contributed by atoms with Gasteiger partial charge in [-0.25, -0.2) is 4.98 Å². The number of hydrogen-bond acceptors (Lipinski definition) is 4. The molecule has 0 bridgehead atoms.